The summed E-state index contributed by atoms with van der Waals surface area (Å²) < 4.78 is 24.9. The number of alkyl halides is 2. The molecule has 0 aliphatic carbocycles. The monoisotopic (exact) mass is 327 g/mol. The van der Waals surface area contributed by atoms with Crippen molar-refractivity contribution in [3.63, 3.8) is 0 Å². The van der Waals surface area contributed by atoms with Crippen LogP contribution in [0, 0.1) is 0 Å². The van der Waals surface area contributed by atoms with Crippen LogP contribution in [0.2, 0.25) is 0 Å². The summed E-state index contributed by atoms with van der Waals surface area (Å²) in [4.78, 5) is 22.2. The maximum absolute atomic E-state index is 12.1. The highest BCUT2D eigenvalue weighted by atomic mass is 79.9. The average Bonchev–Trinajstić information content (AvgIpc) is 2.63. The highest BCUT2D eigenvalue weighted by Gasteiger charge is 2.24. The molecule has 0 radical (unpaired) electrons. The van der Waals surface area contributed by atoms with Crippen LogP contribution in [-0.2, 0) is 4.79 Å². The molecule has 1 aromatic heterocycles. The quantitative estimate of drug-likeness (QED) is 0.872. The van der Waals surface area contributed by atoms with Crippen LogP contribution in [0.1, 0.15) is 16.8 Å². The summed E-state index contributed by atoms with van der Waals surface area (Å²) in [5.41, 5.74) is 0.238. The number of hydrogen-bond donors (Lipinski definition) is 2. The minimum absolute atomic E-state index is 0.238. The fraction of sp³-hybridized carbons (Fsp3) is 0.333. The smallest absolute Gasteiger partial charge is 0.326 e. The summed E-state index contributed by atoms with van der Waals surface area (Å²) in [5, 5.41) is 12.2. The molecule has 1 heterocycles. The molecule has 0 aromatic carbocycles. The van der Waals surface area contributed by atoms with Gasteiger partial charge in [0.05, 0.1) is 9.35 Å². The molecule has 0 aliphatic heterocycles. The second-order valence-corrected chi connectivity index (χ2v) is 5.42. The summed E-state index contributed by atoms with van der Waals surface area (Å²) in [6.45, 7) is 0. The Labute approximate surface area is 108 Å². The summed E-state index contributed by atoms with van der Waals surface area (Å²) in [6.07, 6.45) is -3.70. The third-order valence-corrected chi connectivity index (χ3v) is 3.35. The van der Waals surface area contributed by atoms with Gasteiger partial charge in [0.1, 0.15) is 6.04 Å². The van der Waals surface area contributed by atoms with Gasteiger partial charge in [0.25, 0.3) is 5.91 Å². The van der Waals surface area contributed by atoms with Crippen molar-refractivity contribution in [2.45, 2.75) is 18.9 Å². The lowest BCUT2D eigenvalue weighted by molar-refractivity contribution is -0.140. The van der Waals surface area contributed by atoms with Crippen LogP contribution in [0.5, 0.6) is 0 Å². The van der Waals surface area contributed by atoms with Gasteiger partial charge in [-0.25, -0.2) is 13.6 Å². The molecule has 1 amide bonds. The van der Waals surface area contributed by atoms with Crippen LogP contribution in [0.3, 0.4) is 0 Å². The molecule has 2 N–H and O–H groups in total. The Hall–Kier alpha value is -1.02. The lowest BCUT2D eigenvalue weighted by atomic mass is 10.2. The molecule has 1 rings (SSSR count). The third kappa shape index (κ3) is 4.39. The van der Waals surface area contributed by atoms with Crippen molar-refractivity contribution in [3.05, 3.63) is 20.8 Å². The van der Waals surface area contributed by atoms with E-state index >= 15 is 0 Å². The van der Waals surface area contributed by atoms with Crippen molar-refractivity contribution >= 4 is 39.1 Å². The number of amides is 1. The molecule has 0 saturated carbocycles. The van der Waals surface area contributed by atoms with Crippen molar-refractivity contribution in [2.75, 3.05) is 0 Å². The number of carboxylic acid groups (broad SMARTS) is 1. The molecule has 0 bridgehead atoms. The first-order chi connectivity index (χ1) is 7.90. The molecule has 1 unspecified atom stereocenters. The SMILES string of the molecule is O=C(NC(CC(F)F)C(=O)O)c1csc(Br)c1. The molecule has 0 aliphatic rings. The van der Waals surface area contributed by atoms with Gasteiger partial charge in [0.2, 0.25) is 6.43 Å². The molecule has 0 saturated heterocycles. The van der Waals surface area contributed by atoms with Gasteiger partial charge in [-0.1, -0.05) is 0 Å². The summed E-state index contributed by atoms with van der Waals surface area (Å²) in [7, 11) is 0. The Bertz CT molecular complexity index is 424. The highest BCUT2D eigenvalue weighted by molar-refractivity contribution is 9.11. The Morgan fingerprint density at radius 3 is 2.59 bits per heavy atom. The Morgan fingerprint density at radius 2 is 2.18 bits per heavy atom. The number of carboxylic acids is 1. The van der Waals surface area contributed by atoms with E-state index in [9.17, 15) is 18.4 Å². The maximum Gasteiger partial charge on any atom is 0.326 e. The second-order valence-electron chi connectivity index (χ2n) is 3.13. The topological polar surface area (TPSA) is 66.4 Å². The number of hydrogen-bond acceptors (Lipinski definition) is 3. The number of rotatable bonds is 5. The van der Waals surface area contributed by atoms with E-state index in [2.05, 4.69) is 15.9 Å². The van der Waals surface area contributed by atoms with Crippen molar-refractivity contribution < 1.29 is 23.5 Å². The van der Waals surface area contributed by atoms with Crippen molar-refractivity contribution in [1.82, 2.24) is 5.32 Å². The lowest BCUT2D eigenvalue weighted by Crippen LogP contribution is -2.41. The van der Waals surface area contributed by atoms with Crippen molar-refractivity contribution in [1.29, 1.82) is 0 Å². The first-order valence-corrected chi connectivity index (χ1v) is 6.13. The van der Waals surface area contributed by atoms with Crippen molar-refractivity contribution in [3.8, 4) is 0 Å². The van der Waals surface area contributed by atoms with E-state index in [0.717, 1.165) is 0 Å². The molecule has 94 valence electrons. The zero-order valence-corrected chi connectivity index (χ0v) is 10.7. The van der Waals surface area contributed by atoms with Gasteiger partial charge in [0.15, 0.2) is 0 Å². The first-order valence-electron chi connectivity index (χ1n) is 4.46. The van der Waals surface area contributed by atoms with Crippen LogP contribution in [0.15, 0.2) is 15.2 Å². The molecule has 0 fully saturated rings. The second kappa shape index (κ2) is 6.06. The summed E-state index contributed by atoms with van der Waals surface area (Å²) in [5.74, 6) is -2.16. The van der Waals surface area contributed by atoms with Crippen molar-refractivity contribution in [2.24, 2.45) is 0 Å². The lowest BCUT2D eigenvalue weighted by Gasteiger charge is -2.13. The molecule has 0 spiro atoms. The predicted molar refractivity (Wildman–Crippen MR) is 61.5 cm³/mol. The van der Waals surface area contributed by atoms with Gasteiger partial charge in [-0.15, -0.1) is 11.3 Å². The fourth-order valence-corrected chi connectivity index (χ4v) is 2.21. The Kier molecular flexibility index (Phi) is 5.01. The standard InChI is InChI=1S/C9H8BrF2NO3S/c10-6-1-4(3-17-6)8(14)13-5(9(15)16)2-7(11)12/h1,3,5,7H,2H2,(H,13,14)(H,15,16). The molecule has 1 atom stereocenters. The van der Waals surface area contributed by atoms with Gasteiger partial charge in [-0.3, -0.25) is 4.79 Å². The van der Waals surface area contributed by atoms with E-state index in [0.29, 0.717) is 3.79 Å². The number of aliphatic carboxylic acids is 1. The molecule has 17 heavy (non-hydrogen) atoms. The summed E-state index contributed by atoms with van der Waals surface area (Å²) >= 11 is 4.38. The van der Waals surface area contributed by atoms with Crippen LogP contribution in [0.25, 0.3) is 0 Å². The predicted octanol–water partition coefficient (Wildman–Crippen LogP) is 2.35. The van der Waals surface area contributed by atoms with Crippen LogP contribution in [0.4, 0.5) is 8.78 Å². The minimum atomic E-state index is -2.79. The van der Waals surface area contributed by atoms with E-state index in [-0.39, 0.29) is 5.56 Å². The number of thiophene rings is 1. The van der Waals surface area contributed by atoms with E-state index in [1.807, 2.05) is 5.32 Å². The molecular weight excluding hydrogens is 320 g/mol. The van der Waals surface area contributed by atoms with E-state index < -0.39 is 30.8 Å². The fourth-order valence-electron chi connectivity index (χ4n) is 1.07. The van der Waals surface area contributed by atoms with E-state index in [4.69, 9.17) is 5.11 Å². The van der Waals surface area contributed by atoms with Gasteiger partial charge in [0, 0.05) is 11.8 Å². The third-order valence-electron chi connectivity index (χ3n) is 1.85. The minimum Gasteiger partial charge on any atom is -0.480 e. The molecular formula is C9H8BrF2NO3S. The first kappa shape index (κ1) is 14.0. The Morgan fingerprint density at radius 1 is 1.53 bits per heavy atom. The number of halogens is 3. The summed E-state index contributed by atoms with van der Waals surface area (Å²) in [6, 6.07) is -0.0949. The highest BCUT2D eigenvalue weighted by Crippen LogP contribution is 2.20. The normalized spacial score (nSPS) is 12.5. The van der Waals surface area contributed by atoms with E-state index in [1.165, 1.54) is 22.8 Å². The van der Waals surface area contributed by atoms with Crippen LogP contribution < -0.4 is 5.32 Å². The van der Waals surface area contributed by atoms with Gasteiger partial charge >= 0.3 is 5.97 Å². The van der Waals surface area contributed by atoms with Gasteiger partial charge in [-0.05, 0) is 22.0 Å². The Balaban J connectivity index is 2.67. The van der Waals surface area contributed by atoms with Crippen LogP contribution in [-0.4, -0.2) is 29.5 Å². The van der Waals surface area contributed by atoms with Crippen LogP contribution >= 0.6 is 27.3 Å². The zero-order valence-electron chi connectivity index (χ0n) is 8.32. The number of nitrogens with one attached hydrogen (secondary N) is 1. The average molecular weight is 328 g/mol. The molecule has 4 nitrogen and oxygen atoms in total. The number of carbonyl (C=O) groups is 2. The van der Waals surface area contributed by atoms with Gasteiger partial charge in [-0.2, -0.15) is 0 Å². The van der Waals surface area contributed by atoms with E-state index in [1.54, 1.807) is 0 Å². The largest absolute Gasteiger partial charge is 0.480 e. The van der Waals surface area contributed by atoms with Gasteiger partial charge < -0.3 is 10.4 Å². The number of carbonyl (C=O) groups excluding carboxylic acids is 1. The zero-order chi connectivity index (χ0) is 13.0. The molecule has 8 heteroatoms. The molecule has 1 aromatic rings. The maximum atomic E-state index is 12.1.